The summed E-state index contributed by atoms with van der Waals surface area (Å²) in [6, 6.07) is 2.70. The molecule has 0 amide bonds. The molecule has 1 aromatic carbocycles. The van der Waals surface area contributed by atoms with Crippen molar-refractivity contribution in [2.45, 2.75) is 19.1 Å². The van der Waals surface area contributed by atoms with Crippen LogP contribution in [0.15, 0.2) is 29.5 Å². The van der Waals surface area contributed by atoms with Crippen molar-refractivity contribution in [1.29, 1.82) is 0 Å². The van der Waals surface area contributed by atoms with Crippen LogP contribution in [0.3, 0.4) is 0 Å². The zero-order valence-corrected chi connectivity index (χ0v) is 14.0. The van der Waals surface area contributed by atoms with E-state index in [1.165, 1.54) is 32.2 Å². The summed E-state index contributed by atoms with van der Waals surface area (Å²) in [6.45, 7) is 1.39. The molecule has 25 heavy (non-hydrogen) atoms. The molecule has 1 atom stereocenters. The van der Waals surface area contributed by atoms with Crippen LogP contribution in [0.1, 0.15) is 18.5 Å². The number of allylic oxidation sites excluding steroid dienone is 1. The molecule has 10 heteroatoms. The van der Waals surface area contributed by atoms with Gasteiger partial charge in [0.25, 0.3) is 0 Å². The van der Waals surface area contributed by atoms with Gasteiger partial charge in [-0.1, -0.05) is 6.07 Å². The summed E-state index contributed by atoms with van der Waals surface area (Å²) in [5, 5.41) is 14.0. The number of ether oxygens (including phenoxy) is 2. The van der Waals surface area contributed by atoms with E-state index in [0.717, 1.165) is 0 Å². The lowest BCUT2D eigenvalue weighted by Gasteiger charge is -2.31. The molecule has 1 aliphatic rings. The smallest absolute Gasteiger partial charge is 0.431 e. The third-order valence-corrected chi connectivity index (χ3v) is 3.61. The lowest BCUT2D eigenvalue weighted by Crippen LogP contribution is -2.49. The van der Waals surface area contributed by atoms with Gasteiger partial charge in [-0.25, -0.2) is 4.79 Å². The van der Waals surface area contributed by atoms with Gasteiger partial charge in [-0.15, -0.1) is 0 Å². The maximum atomic E-state index is 13.4. The number of nitrogens with one attached hydrogen (secondary N) is 2. The highest BCUT2D eigenvalue weighted by molar-refractivity contribution is 7.80. The van der Waals surface area contributed by atoms with Gasteiger partial charge in [-0.05, 0) is 36.8 Å². The lowest BCUT2D eigenvalue weighted by molar-refractivity contribution is -0.140. The third kappa shape index (κ3) is 3.95. The first kappa shape index (κ1) is 18.8. The number of benzene rings is 1. The van der Waals surface area contributed by atoms with Crippen LogP contribution in [0, 0.1) is 0 Å². The highest BCUT2D eigenvalue weighted by Gasteiger charge is 2.45. The second-order valence-corrected chi connectivity index (χ2v) is 5.38. The van der Waals surface area contributed by atoms with Crippen LogP contribution in [0.25, 0.3) is 0 Å². The number of carbonyl (C=O) groups excluding carboxylic acids is 1. The maximum absolute atomic E-state index is 13.4. The molecule has 0 fully saturated rings. The number of rotatable bonds is 4. The number of thiocarbonyl (C=S) groups is 1. The molecule has 0 aromatic heterocycles. The Morgan fingerprint density at radius 3 is 2.64 bits per heavy atom. The largest absolute Gasteiger partial charge is 0.504 e. The van der Waals surface area contributed by atoms with Crippen molar-refractivity contribution in [2.75, 3.05) is 13.7 Å². The molecule has 0 bridgehead atoms. The van der Waals surface area contributed by atoms with Crippen molar-refractivity contribution in [3.63, 3.8) is 0 Å². The summed E-state index contributed by atoms with van der Waals surface area (Å²) in [5.74, 6) is -1.28. The first-order valence-electron chi connectivity index (χ1n) is 7.12. The van der Waals surface area contributed by atoms with Gasteiger partial charge in [-0.2, -0.15) is 13.2 Å². The number of halogens is 3. The van der Waals surface area contributed by atoms with Gasteiger partial charge >= 0.3 is 12.1 Å². The first-order chi connectivity index (χ1) is 11.7. The summed E-state index contributed by atoms with van der Waals surface area (Å²) < 4.78 is 49.9. The van der Waals surface area contributed by atoms with E-state index in [1.54, 1.807) is 0 Å². The minimum atomic E-state index is -4.84. The molecule has 3 N–H and O–H groups in total. The van der Waals surface area contributed by atoms with E-state index in [2.05, 4.69) is 5.32 Å². The van der Waals surface area contributed by atoms with Crippen LogP contribution >= 0.6 is 12.2 Å². The van der Waals surface area contributed by atoms with Crippen LogP contribution in [0.4, 0.5) is 13.2 Å². The molecule has 0 saturated carbocycles. The number of hydrogen-bond acceptors (Lipinski definition) is 5. The van der Waals surface area contributed by atoms with Crippen LogP contribution in [0.5, 0.6) is 11.5 Å². The normalized spacial score (nSPS) is 17.6. The number of phenols is 1. The summed E-state index contributed by atoms with van der Waals surface area (Å²) in [7, 11) is 1.29. The number of aromatic hydroxyl groups is 1. The van der Waals surface area contributed by atoms with Gasteiger partial charge < -0.3 is 25.2 Å². The molecule has 2 rings (SSSR count). The summed E-state index contributed by atoms with van der Waals surface area (Å²) >= 11 is 4.83. The first-order valence-corrected chi connectivity index (χ1v) is 7.52. The second kappa shape index (κ2) is 7.18. The highest BCUT2D eigenvalue weighted by atomic mass is 32.1. The van der Waals surface area contributed by atoms with Crippen LogP contribution in [0.2, 0.25) is 0 Å². The predicted molar refractivity (Wildman–Crippen MR) is 86.0 cm³/mol. The Hall–Kier alpha value is -2.49. The molecule has 136 valence electrons. The molecule has 1 aliphatic heterocycles. The maximum Gasteiger partial charge on any atom is 0.431 e. The molecule has 1 unspecified atom stereocenters. The average molecular weight is 376 g/mol. The molecule has 0 saturated heterocycles. The van der Waals surface area contributed by atoms with E-state index in [0.29, 0.717) is 0 Å². The average Bonchev–Trinajstić information content (AvgIpc) is 2.53. The Morgan fingerprint density at radius 1 is 1.40 bits per heavy atom. The predicted octanol–water partition coefficient (Wildman–Crippen LogP) is 2.30. The highest BCUT2D eigenvalue weighted by Crippen LogP contribution is 2.37. The summed E-state index contributed by atoms with van der Waals surface area (Å²) in [6.07, 6.45) is -4.84. The van der Waals surface area contributed by atoms with Gasteiger partial charge in [0.2, 0.25) is 0 Å². The number of methoxy groups -OCH3 is 1. The third-order valence-electron chi connectivity index (χ3n) is 3.39. The van der Waals surface area contributed by atoms with E-state index < -0.39 is 29.5 Å². The van der Waals surface area contributed by atoms with Crippen molar-refractivity contribution in [3.05, 3.63) is 35.0 Å². The Bertz CT molecular complexity index is 734. The SMILES string of the molecule is CCOC(=O)C1=C(C(F)(F)F)NC(=S)NC1c1ccc(O)c(OC)c1. The molecule has 6 nitrogen and oxygen atoms in total. The standard InChI is InChI=1S/C15H15F3N2O4S/c1-3-24-13(22)10-11(7-4-5-8(21)9(6-7)23-2)19-14(25)20-12(10)15(16,17)18/h4-6,11,21H,3H2,1-2H3,(H2,19,20,25). The van der Waals surface area contributed by atoms with Gasteiger partial charge in [-0.3, -0.25) is 0 Å². The fourth-order valence-corrected chi connectivity index (χ4v) is 2.56. The Labute approximate surface area is 146 Å². The Balaban J connectivity index is 2.64. The number of esters is 1. The summed E-state index contributed by atoms with van der Waals surface area (Å²) in [5.41, 5.74) is -1.70. The lowest BCUT2D eigenvalue weighted by atomic mass is 9.94. The summed E-state index contributed by atoms with van der Waals surface area (Å²) in [4.78, 5) is 12.2. The molecule has 1 heterocycles. The van der Waals surface area contributed by atoms with E-state index >= 15 is 0 Å². The van der Waals surface area contributed by atoms with Gasteiger partial charge in [0.05, 0.1) is 25.3 Å². The number of hydrogen-bond donors (Lipinski definition) is 3. The van der Waals surface area contributed by atoms with E-state index in [-0.39, 0.29) is 28.8 Å². The number of phenolic OH excluding ortho intramolecular Hbond substituents is 1. The van der Waals surface area contributed by atoms with Crippen molar-refractivity contribution < 1.29 is 32.5 Å². The van der Waals surface area contributed by atoms with Gasteiger partial charge in [0.15, 0.2) is 16.6 Å². The van der Waals surface area contributed by atoms with Gasteiger partial charge in [0.1, 0.15) is 5.70 Å². The Kier molecular flexibility index (Phi) is 5.41. The van der Waals surface area contributed by atoms with E-state index in [4.69, 9.17) is 21.7 Å². The van der Waals surface area contributed by atoms with Crippen molar-refractivity contribution in [2.24, 2.45) is 0 Å². The Morgan fingerprint density at radius 2 is 2.08 bits per heavy atom. The molecule has 0 radical (unpaired) electrons. The minimum absolute atomic E-state index is 0.0421. The van der Waals surface area contributed by atoms with Crippen LogP contribution in [-0.4, -0.2) is 36.1 Å². The van der Waals surface area contributed by atoms with Gasteiger partial charge in [0, 0.05) is 0 Å². The monoisotopic (exact) mass is 376 g/mol. The molecule has 0 aliphatic carbocycles. The number of alkyl halides is 3. The second-order valence-electron chi connectivity index (χ2n) is 4.97. The molecule has 0 spiro atoms. The van der Waals surface area contributed by atoms with Crippen LogP contribution < -0.4 is 15.4 Å². The minimum Gasteiger partial charge on any atom is -0.504 e. The van der Waals surface area contributed by atoms with Crippen LogP contribution in [-0.2, 0) is 9.53 Å². The van der Waals surface area contributed by atoms with Crippen molar-refractivity contribution >= 4 is 23.3 Å². The zero-order valence-electron chi connectivity index (χ0n) is 13.2. The molecular weight excluding hydrogens is 361 g/mol. The van der Waals surface area contributed by atoms with E-state index in [1.807, 2.05) is 5.32 Å². The number of carbonyl (C=O) groups is 1. The van der Waals surface area contributed by atoms with Crippen molar-refractivity contribution in [3.8, 4) is 11.5 Å². The van der Waals surface area contributed by atoms with E-state index in [9.17, 15) is 23.1 Å². The fraction of sp³-hybridized carbons (Fsp3) is 0.333. The topological polar surface area (TPSA) is 79.8 Å². The molecular formula is C15H15F3N2O4S. The zero-order chi connectivity index (χ0) is 18.8. The molecule has 1 aromatic rings. The fourth-order valence-electron chi connectivity index (χ4n) is 2.34. The quantitative estimate of drug-likeness (QED) is 0.550. The van der Waals surface area contributed by atoms with Crippen molar-refractivity contribution in [1.82, 2.24) is 10.6 Å².